The Morgan fingerprint density at radius 1 is 0.583 bits per heavy atom. The van der Waals surface area contributed by atoms with Crippen LogP contribution in [0.2, 0.25) is 0 Å². The van der Waals surface area contributed by atoms with Crippen molar-refractivity contribution >= 4 is 16.7 Å². The molecule has 0 saturated carbocycles. The smallest absolute Gasteiger partial charge is 0.198 e. The minimum absolute atomic E-state index is 0.195. The Balaban J connectivity index is 2.15. The Hall–Kier alpha value is -5.51. The molecule has 168 valence electrons. The van der Waals surface area contributed by atoms with Crippen molar-refractivity contribution in [2.75, 3.05) is 0 Å². The first-order chi connectivity index (χ1) is 17.4. The molecule has 0 atom stereocenters. The average molecular weight is 477 g/mol. The zero-order valence-electron chi connectivity index (χ0n) is 17.8. The maximum absolute atomic E-state index is 15.3. The van der Waals surface area contributed by atoms with Gasteiger partial charge in [0.15, 0.2) is 23.3 Å². The Kier molecular flexibility index (Phi) is 4.99. The Labute approximate surface area is 201 Å². The number of fused-ring (bicyclic) bond motifs is 4. The summed E-state index contributed by atoms with van der Waals surface area (Å²) in [5.41, 5.74) is -2.58. The third kappa shape index (κ3) is 2.75. The van der Waals surface area contributed by atoms with Crippen LogP contribution in [-0.2, 0) is 0 Å². The van der Waals surface area contributed by atoms with Gasteiger partial charge in [0, 0.05) is 50.7 Å². The lowest BCUT2D eigenvalue weighted by atomic mass is 9.88. The van der Waals surface area contributed by atoms with E-state index in [1.165, 1.54) is 6.20 Å². The third-order valence-corrected chi connectivity index (χ3v) is 5.99. The van der Waals surface area contributed by atoms with Gasteiger partial charge in [-0.3, -0.25) is 4.98 Å². The molecule has 0 bridgehead atoms. The van der Waals surface area contributed by atoms with E-state index in [0.29, 0.717) is 22.4 Å². The summed E-state index contributed by atoms with van der Waals surface area (Å²) in [5, 5.41) is 38.8. The van der Waals surface area contributed by atoms with E-state index < -0.39 is 56.7 Å². The van der Waals surface area contributed by atoms with Gasteiger partial charge >= 0.3 is 0 Å². The van der Waals surface area contributed by atoms with Crippen LogP contribution in [0.5, 0.6) is 0 Å². The minimum atomic E-state index is -2.16. The van der Waals surface area contributed by atoms with Crippen molar-refractivity contribution in [3.63, 3.8) is 0 Å². The maximum Gasteiger partial charge on any atom is 0.198 e. The molecular formula is C27H7F4N5. The number of hydrogen-bond donors (Lipinski definition) is 0. The summed E-state index contributed by atoms with van der Waals surface area (Å²) in [6, 6.07) is 16.3. The van der Waals surface area contributed by atoms with E-state index in [0.717, 1.165) is 0 Å². The van der Waals surface area contributed by atoms with Gasteiger partial charge in [-0.05, 0) is 11.6 Å². The number of rotatable bonds is 0. The van der Waals surface area contributed by atoms with Crippen LogP contribution in [0.25, 0.3) is 28.0 Å². The number of hydrogen-bond acceptors (Lipinski definition) is 5. The van der Waals surface area contributed by atoms with Crippen molar-refractivity contribution in [2.24, 2.45) is 0 Å². The molecule has 1 aromatic heterocycles. The number of pyridine rings is 1. The Morgan fingerprint density at radius 2 is 1.06 bits per heavy atom. The normalized spacial score (nSPS) is 12.7. The highest BCUT2D eigenvalue weighted by Crippen LogP contribution is 2.57. The third-order valence-electron chi connectivity index (χ3n) is 5.99. The van der Waals surface area contributed by atoms with Crippen LogP contribution in [0.15, 0.2) is 59.3 Å². The van der Waals surface area contributed by atoms with E-state index in [9.17, 15) is 29.8 Å². The number of nitriles is 4. The largest absolute Gasteiger partial charge is 0.256 e. The Bertz CT molecular complexity index is 1660. The van der Waals surface area contributed by atoms with Crippen LogP contribution in [0.4, 0.5) is 17.6 Å². The van der Waals surface area contributed by atoms with Crippen LogP contribution in [-0.4, -0.2) is 4.98 Å². The number of nitrogens with zero attached hydrogens (tertiary/aromatic N) is 5. The van der Waals surface area contributed by atoms with Crippen molar-refractivity contribution in [3.8, 4) is 35.5 Å². The lowest BCUT2D eigenvalue weighted by Gasteiger charge is -2.12. The highest BCUT2D eigenvalue weighted by atomic mass is 19.2. The fraction of sp³-hybridized carbons (Fsp3) is 0. The second-order valence-corrected chi connectivity index (χ2v) is 7.65. The first-order valence-corrected chi connectivity index (χ1v) is 10.2. The number of halogens is 4. The van der Waals surface area contributed by atoms with Crippen LogP contribution in [0.1, 0.15) is 22.3 Å². The van der Waals surface area contributed by atoms with Crippen molar-refractivity contribution in [2.45, 2.75) is 0 Å². The molecule has 0 spiro atoms. The number of allylic oxidation sites excluding steroid dienone is 5. The molecule has 36 heavy (non-hydrogen) atoms. The molecule has 2 aliphatic carbocycles. The summed E-state index contributed by atoms with van der Waals surface area (Å²) in [4.78, 5) is 4.36. The van der Waals surface area contributed by atoms with Gasteiger partial charge in [0.05, 0.1) is 5.69 Å². The molecule has 0 aliphatic heterocycles. The fourth-order valence-corrected chi connectivity index (χ4v) is 4.64. The van der Waals surface area contributed by atoms with Crippen LogP contribution in [0, 0.1) is 68.6 Å². The molecule has 0 saturated heterocycles. The SMILES string of the molecule is N#CC(C#N)=C1C(=C2c3ccccc3-c3ncccc32)C(=C(C#N)C#N)c2c(F)c(F)c(F)c(F)c21. The summed E-state index contributed by atoms with van der Waals surface area (Å²) in [6.45, 7) is 0. The molecule has 9 heteroatoms. The molecule has 0 N–H and O–H groups in total. The van der Waals surface area contributed by atoms with Crippen molar-refractivity contribution < 1.29 is 17.6 Å². The molecule has 3 aromatic rings. The molecule has 0 amide bonds. The lowest BCUT2D eigenvalue weighted by molar-refractivity contribution is 0.407. The second kappa shape index (κ2) is 8.06. The van der Waals surface area contributed by atoms with Gasteiger partial charge in [-0.2, -0.15) is 21.0 Å². The van der Waals surface area contributed by atoms with Crippen LogP contribution < -0.4 is 0 Å². The summed E-state index contributed by atoms with van der Waals surface area (Å²) >= 11 is 0. The van der Waals surface area contributed by atoms with E-state index in [1.54, 1.807) is 60.7 Å². The van der Waals surface area contributed by atoms with E-state index >= 15 is 8.78 Å². The predicted molar refractivity (Wildman–Crippen MR) is 118 cm³/mol. The van der Waals surface area contributed by atoms with Crippen molar-refractivity contribution in [3.05, 3.63) is 105 Å². The Morgan fingerprint density at radius 3 is 1.56 bits per heavy atom. The van der Waals surface area contributed by atoms with Gasteiger partial charge in [-0.25, -0.2) is 17.6 Å². The van der Waals surface area contributed by atoms with E-state index in [4.69, 9.17) is 0 Å². The first-order valence-electron chi connectivity index (χ1n) is 10.2. The lowest BCUT2D eigenvalue weighted by Crippen LogP contribution is -2.04. The minimum Gasteiger partial charge on any atom is -0.256 e. The van der Waals surface area contributed by atoms with Gasteiger partial charge < -0.3 is 0 Å². The molecule has 2 aromatic carbocycles. The summed E-state index contributed by atoms with van der Waals surface area (Å²) < 4.78 is 59.4. The monoisotopic (exact) mass is 477 g/mol. The average Bonchev–Trinajstić information content (AvgIpc) is 3.41. The summed E-state index contributed by atoms with van der Waals surface area (Å²) in [6.07, 6.45) is 1.51. The van der Waals surface area contributed by atoms with E-state index in [-0.39, 0.29) is 11.1 Å². The molecule has 5 rings (SSSR count). The molecule has 0 radical (unpaired) electrons. The van der Waals surface area contributed by atoms with Gasteiger partial charge in [-0.15, -0.1) is 0 Å². The maximum atomic E-state index is 15.3. The topological polar surface area (TPSA) is 108 Å². The van der Waals surface area contributed by atoms with Gasteiger partial charge in [-0.1, -0.05) is 30.3 Å². The summed E-state index contributed by atoms with van der Waals surface area (Å²) in [7, 11) is 0. The molecule has 2 aliphatic rings. The standard InChI is InChI=1S/C27H7F4N5/c28-23-21-17(12(8-32)9-33)20(18(13(10-34)11-35)22(21)24(29)26(31)25(23)30)19-14-4-1-2-5-15(14)27-16(19)6-3-7-36-27/h1-7H. The quantitative estimate of drug-likeness (QED) is 0.139. The highest BCUT2D eigenvalue weighted by molar-refractivity contribution is 6.21. The predicted octanol–water partition coefficient (Wildman–Crippen LogP) is 5.74. The first kappa shape index (κ1) is 22.3. The van der Waals surface area contributed by atoms with Crippen molar-refractivity contribution in [1.29, 1.82) is 21.0 Å². The number of benzene rings is 2. The van der Waals surface area contributed by atoms with Crippen molar-refractivity contribution in [1.82, 2.24) is 4.98 Å². The molecule has 0 fully saturated rings. The zero-order valence-corrected chi connectivity index (χ0v) is 17.8. The number of aromatic nitrogens is 1. The molecular weight excluding hydrogens is 470 g/mol. The van der Waals surface area contributed by atoms with E-state index in [2.05, 4.69) is 4.98 Å². The van der Waals surface area contributed by atoms with Gasteiger partial charge in [0.25, 0.3) is 0 Å². The van der Waals surface area contributed by atoms with Crippen LogP contribution >= 0.6 is 0 Å². The molecule has 5 nitrogen and oxygen atoms in total. The van der Waals surface area contributed by atoms with Gasteiger partial charge in [0.1, 0.15) is 35.4 Å². The fourth-order valence-electron chi connectivity index (χ4n) is 4.64. The molecule has 1 heterocycles. The molecule has 0 unspecified atom stereocenters. The van der Waals surface area contributed by atoms with E-state index in [1.807, 2.05) is 0 Å². The second-order valence-electron chi connectivity index (χ2n) is 7.65. The highest BCUT2D eigenvalue weighted by Gasteiger charge is 2.43. The zero-order chi connectivity index (χ0) is 25.7. The van der Waals surface area contributed by atoms with Gasteiger partial charge in [0.2, 0.25) is 0 Å². The van der Waals surface area contributed by atoms with Crippen LogP contribution in [0.3, 0.4) is 0 Å². The summed E-state index contributed by atoms with van der Waals surface area (Å²) in [5.74, 6) is -8.03.